The Morgan fingerprint density at radius 3 is 2.75 bits per heavy atom. The summed E-state index contributed by atoms with van der Waals surface area (Å²) >= 11 is 1.35. The second kappa shape index (κ2) is 8.14. The molecule has 5 nitrogen and oxygen atoms in total. The Bertz CT molecular complexity index is 985. The number of thioether (sulfide) groups is 1. The van der Waals surface area contributed by atoms with Crippen LogP contribution in [0.1, 0.15) is 35.7 Å². The topological polar surface area (TPSA) is 59.8 Å². The van der Waals surface area contributed by atoms with Gasteiger partial charge in [-0.25, -0.2) is 4.39 Å². The Labute approximate surface area is 167 Å². The van der Waals surface area contributed by atoms with Gasteiger partial charge in [0.1, 0.15) is 11.6 Å². The minimum atomic E-state index is -0.370. The number of carbonyl (C=O) groups is 1. The van der Waals surface area contributed by atoms with Gasteiger partial charge in [0.2, 0.25) is 5.91 Å². The van der Waals surface area contributed by atoms with Crippen LogP contribution in [0.3, 0.4) is 0 Å². The molecule has 1 aliphatic carbocycles. The summed E-state index contributed by atoms with van der Waals surface area (Å²) in [7, 11) is 0. The van der Waals surface area contributed by atoms with Crippen LogP contribution >= 0.6 is 11.8 Å². The maximum atomic E-state index is 13.4. The normalized spacial score (nSPS) is 13.5. The smallest absolute Gasteiger partial charge is 0.234 e. The average molecular weight is 396 g/mol. The van der Waals surface area contributed by atoms with Gasteiger partial charge < -0.3 is 9.88 Å². The molecule has 0 aliphatic heterocycles. The number of nitrogens with one attached hydrogen (secondary N) is 1. The van der Waals surface area contributed by atoms with Crippen LogP contribution < -0.4 is 5.32 Å². The molecule has 1 aromatic heterocycles. The van der Waals surface area contributed by atoms with Gasteiger partial charge in [-0.1, -0.05) is 48.2 Å². The van der Waals surface area contributed by atoms with Crippen LogP contribution in [0.4, 0.5) is 10.1 Å². The second-order valence-corrected chi connectivity index (χ2v) is 7.93. The summed E-state index contributed by atoms with van der Waals surface area (Å²) in [4.78, 5) is 12.4. The van der Waals surface area contributed by atoms with Gasteiger partial charge in [0.25, 0.3) is 0 Å². The van der Waals surface area contributed by atoms with Crippen molar-refractivity contribution >= 4 is 23.4 Å². The SMILES string of the molecule is Cc1ccc(F)cc1NC(=O)CSc1nnc(C2CC2)n1Cc1ccccc1. The zero-order valence-corrected chi connectivity index (χ0v) is 16.4. The number of rotatable bonds is 7. The lowest BCUT2D eigenvalue weighted by Gasteiger charge is -2.11. The van der Waals surface area contributed by atoms with Gasteiger partial charge in [-0.2, -0.15) is 0 Å². The zero-order chi connectivity index (χ0) is 19.5. The quantitative estimate of drug-likeness (QED) is 0.602. The first kappa shape index (κ1) is 18.7. The molecule has 2 aromatic carbocycles. The Kier molecular flexibility index (Phi) is 5.43. The van der Waals surface area contributed by atoms with Gasteiger partial charge in [0.15, 0.2) is 5.16 Å². The maximum Gasteiger partial charge on any atom is 0.234 e. The summed E-state index contributed by atoms with van der Waals surface area (Å²) in [5, 5.41) is 12.2. The van der Waals surface area contributed by atoms with Gasteiger partial charge >= 0.3 is 0 Å². The Morgan fingerprint density at radius 1 is 1.21 bits per heavy atom. The molecule has 144 valence electrons. The monoisotopic (exact) mass is 396 g/mol. The van der Waals surface area contributed by atoms with Crippen LogP contribution in [0.5, 0.6) is 0 Å². The fraction of sp³-hybridized carbons (Fsp3) is 0.286. The summed E-state index contributed by atoms with van der Waals surface area (Å²) in [6, 6.07) is 14.5. The average Bonchev–Trinajstić information content (AvgIpc) is 3.46. The number of benzene rings is 2. The molecule has 1 heterocycles. The number of amides is 1. The molecule has 0 atom stereocenters. The first-order valence-corrected chi connectivity index (χ1v) is 10.2. The van der Waals surface area contributed by atoms with Crippen molar-refractivity contribution < 1.29 is 9.18 Å². The predicted octanol–water partition coefficient (Wildman–Crippen LogP) is 4.38. The van der Waals surface area contributed by atoms with E-state index in [1.165, 1.54) is 29.5 Å². The molecule has 1 fully saturated rings. The van der Waals surface area contributed by atoms with E-state index in [0.717, 1.165) is 29.4 Å². The lowest BCUT2D eigenvalue weighted by atomic mass is 10.2. The molecule has 4 rings (SSSR count). The number of aromatic nitrogens is 3. The van der Waals surface area contributed by atoms with Crippen molar-refractivity contribution in [1.82, 2.24) is 14.8 Å². The van der Waals surface area contributed by atoms with Crippen LogP contribution in [0.15, 0.2) is 53.7 Å². The van der Waals surface area contributed by atoms with E-state index in [1.54, 1.807) is 6.07 Å². The molecular formula is C21H21FN4OS. The van der Waals surface area contributed by atoms with Crippen LogP contribution in [0.25, 0.3) is 0 Å². The minimum Gasteiger partial charge on any atom is -0.325 e. The van der Waals surface area contributed by atoms with Crippen LogP contribution in [-0.2, 0) is 11.3 Å². The summed E-state index contributed by atoms with van der Waals surface area (Å²) in [5.41, 5.74) is 2.49. The molecule has 7 heteroatoms. The number of aryl methyl sites for hydroxylation is 1. The number of nitrogens with zero attached hydrogens (tertiary/aromatic N) is 3. The largest absolute Gasteiger partial charge is 0.325 e. The fourth-order valence-electron chi connectivity index (χ4n) is 3.01. The molecule has 28 heavy (non-hydrogen) atoms. The van der Waals surface area contributed by atoms with E-state index in [4.69, 9.17) is 0 Å². The lowest BCUT2D eigenvalue weighted by Crippen LogP contribution is -2.16. The molecule has 1 amide bonds. The second-order valence-electron chi connectivity index (χ2n) is 6.98. The van der Waals surface area contributed by atoms with Crippen molar-refractivity contribution in [2.45, 2.75) is 37.4 Å². The number of anilines is 1. The van der Waals surface area contributed by atoms with Gasteiger partial charge in [-0.05, 0) is 43.0 Å². The van der Waals surface area contributed by atoms with E-state index in [2.05, 4.69) is 32.2 Å². The van der Waals surface area contributed by atoms with Crippen LogP contribution in [0, 0.1) is 12.7 Å². The summed E-state index contributed by atoms with van der Waals surface area (Å²) in [6.45, 7) is 2.52. The Balaban J connectivity index is 1.45. The van der Waals surface area contributed by atoms with E-state index in [0.29, 0.717) is 18.2 Å². The van der Waals surface area contributed by atoms with Crippen molar-refractivity contribution in [3.8, 4) is 0 Å². The summed E-state index contributed by atoms with van der Waals surface area (Å²) in [6.07, 6.45) is 2.27. The van der Waals surface area contributed by atoms with Crippen molar-refractivity contribution in [3.05, 3.63) is 71.3 Å². The third-order valence-corrected chi connectivity index (χ3v) is 5.64. The minimum absolute atomic E-state index is 0.188. The van der Waals surface area contributed by atoms with Crippen molar-refractivity contribution in [1.29, 1.82) is 0 Å². The molecule has 0 saturated heterocycles. The molecule has 1 aliphatic rings. The molecule has 1 N–H and O–H groups in total. The maximum absolute atomic E-state index is 13.4. The van der Waals surface area contributed by atoms with Crippen molar-refractivity contribution in [2.75, 3.05) is 11.1 Å². The van der Waals surface area contributed by atoms with Gasteiger partial charge in [0.05, 0.1) is 12.3 Å². The molecule has 0 radical (unpaired) electrons. The van der Waals surface area contributed by atoms with Gasteiger partial charge in [-0.3, -0.25) is 4.79 Å². The van der Waals surface area contributed by atoms with E-state index >= 15 is 0 Å². The highest BCUT2D eigenvalue weighted by atomic mass is 32.2. The first-order chi connectivity index (χ1) is 13.6. The number of hydrogen-bond acceptors (Lipinski definition) is 4. The number of halogens is 1. The molecular weight excluding hydrogens is 375 g/mol. The zero-order valence-electron chi connectivity index (χ0n) is 15.6. The fourth-order valence-corrected chi connectivity index (χ4v) is 3.76. The third kappa shape index (κ3) is 4.42. The van der Waals surface area contributed by atoms with Crippen LogP contribution in [-0.4, -0.2) is 26.4 Å². The third-order valence-electron chi connectivity index (χ3n) is 4.68. The standard InChI is InChI=1S/C21H21FN4OS/c1-14-7-10-17(22)11-18(14)23-19(27)13-28-21-25-24-20(16-8-9-16)26(21)12-15-5-3-2-4-6-15/h2-7,10-11,16H,8-9,12-13H2,1H3,(H,23,27). The predicted molar refractivity (Wildman–Crippen MR) is 108 cm³/mol. The number of carbonyl (C=O) groups excluding carboxylic acids is 1. The van der Waals surface area contributed by atoms with Gasteiger partial charge in [-0.15, -0.1) is 10.2 Å². The van der Waals surface area contributed by atoms with Crippen molar-refractivity contribution in [3.63, 3.8) is 0 Å². The van der Waals surface area contributed by atoms with Gasteiger partial charge in [0, 0.05) is 11.6 Å². The summed E-state index contributed by atoms with van der Waals surface area (Å²) in [5.74, 6) is 1.08. The molecule has 0 unspecified atom stereocenters. The summed E-state index contributed by atoms with van der Waals surface area (Å²) < 4.78 is 15.5. The van der Waals surface area contributed by atoms with Crippen LogP contribution in [0.2, 0.25) is 0 Å². The highest BCUT2D eigenvalue weighted by molar-refractivity contribution is 7.99. The first-order valence-electron chi connectivity index (χ1n) is 9.26. The van der Waals surface area contributed by atoms with E-state index in [-0.39, 0.29) is 17.5 Å². The highest BCUT2D eigenvalue weighted by Gasteiger charge is 2.30. The molecule has 0 spiro atoms. The molecule has 3 aromatic rings. The molecule has 0 bridgehead atoms. The Morgan fingerprint density at radius 2 is 2.00 bits per heavy atom. The van der Waals surface area contributed by atoms with E-state index in [9.17, 15) is 9.18 Å². The molecule has 1 saturated carbocycles. The number of hydrogen-bond donors (Lipinski definition) is 1. The van der Waals surface area contributed by atoms with E-state index < -0.39 is 0 Å². The highest BCUT2D eigenvalue weighted by Crippen LogP contribution is 2.40. The van der Waals surface area contributed by atoms with E-state index in [1.807, 2.05) is 25.1 Å². The van der Waals surface area contributed by atoms with Crippen molar-refractivity contribution in [2.24, 2.45) is 0 Å². The lowest BCUT2D eigenvalue weighted by molar-refractivity contribution is -0.113. The Hall–Kier alpha value is -2.67.